The van der Waals surface area contributed by atoms with Crippen molar-refractivity contribution in [1.29, 1.82) is 0 Å². The van der Waals surface area contributed by atoms with Gasteiger partial charge in [-0.1, -0.05) is 6.42 Å². The van der Waals surface area contributed by atoms with Crippen molar-refractivity contribution >= 4 is 5.97 Å². The van der Waals surface area contributed by atoms with Gasteiger partial charge in [0.2, 0.25) is 0 Å². The summed E-state index contributed by atoms with van der Waals surface area (Å²) in [5.74, 6) is -0.808. The van der Waals surface area contributed by atoms with Crippen LogP contribution in [0.2, 0.25) is 0 Å². The van der Waals surface area contributed by atoms with Gasteiger partial charge in [-0.05, 0) is 33.2 Å². The molecule has 0 aliphatic carbocycles. The third kappa shape index (κ3) is 2.45. The summed E-state index contributed by atoms with van der Waals surface area (Å²) < 4.78 is 0. The Bertz CT molecular complexity index is 206. The second-order valence-electron chi connectivity index (χ2n) is 4.06. The highest BCUT2D eigenvalue weighted by Gasteiger charge is 2.32. The van der Waals surface area contributed by atoms with E-state index in [1.54, 1.807) is 13.8 Å². The number of likely N-dealkylation sites (tertiary alicyclic amines) is 1. The summed E-state index contributed by atoms with van der Waals surface area (Å²) in [6, 6.07) is -0.482. The summed E-state index contributed by atoms with van der Waals surface area (Å²) in [6.07, 6.45) is 2.56. The lowest BCUT2D eigenvalue weighted by Gasteiger charge is -2.39. The fourth-order valence-electron chi connectivity index (χ4n) is 2.12. The molecule has 14 heavy (non-hydrogen) atoms. The molecular formula is C10H19NO3. The average Bonchev–Trinajstić information content (AvgIpc) is 2.16. The van der Waals surface area contributed by atoms with Crippen LogP contribution in [0, 0.1) is 0 Å². The van der Waals surface area contributed by atoms with Crippen molar-refractivity contribution in [3.63, 3.8) is 0 Å². The lowest BCUT2D eigenvalue weighted by Crippen LogP contribution is -2.52. The molecule has 0 aromatic rings. The van der Waals surface area contributed by atoms with Gasteiger partial charge in [0.15, 0.2) is 0 Å². The van der Waals surface area contributed by atoms with Crippen LogP contribution in [0.5, 0.6) is 0 Å². The minimum atomic E-state index is -0.808. The number of aliphatic hydroxyl groups is 1. The zero-order chi connectivity index (χ0) is 10.7. The van der Waals surface area contributed by atoms with Crippen LogP contribution in [-0.2, 0) is 4.79 Å². The Labute approximate surface area is 84.5 Å². The second kappa shape index (κ2) is 4.75. The quantitative estimate of drug-likeness (QED) is 0.705. The topological polar surface area (TPSA) is 60.8 Å². The highest BCUT2D eigenvalue weighted by Crippen LogP contribution is 2.22. The third-order valence-corrected chi connectivity index (χ3v) is 3.00. The van der Waals surface area contributed by atoms with Gasteiger partial charge < -0.3 is 10.2 Å². The van der Waals surface area contributed by atoms with E-state index in [0.717, 1.165) is 25.8 Å². The van der Waals surface area contributed by atoms with Gasteiger partial charge in [0.1, 0.15) is 6.04 Å². The standard InChI is InChI=1S/C10H19NO3/c1-7(10(13)14)11-6-4-3-5-9(11)8(2)12/h7-9,12H,3-6H2,1-2H3,(H,13,14)/t7-,8-,9+/m0/s1. The van der Waals surface area contributed by atoms with Gasteiger partial charge in [0.25, 0.3) is 0 Å². The van der Waals surface area contributed by atoms with E-state index in [1.807, 2.05) is 4.90 Å². The van der Waals surface area contributed by atoms with Crippen molar-refractivity contribution < 1.29 is 15.0 Å². The number of aliphatic carboxylic acids is 1. The molecule has 0 unspecified atom stereocenters. The van der Waals surface area contributed by atoms with Crippen molar-refractivity contribution in [3.05, 3.63) is 0 Å². The molecule has 1 rings (SSSR count). The highest BCUT2D eigenvalue weighted by molar-refractivity contribution is 5.72. The van der Waals surface area contributed by atoms with Gasteiger partial charge in [-0.25, -0.2) is 0 Å². The summed E-state index contributed by atoms with van der Waals surface area (Å²) in [5, 5.41) is 18.5. The molecule has 0 aromatic heterocycles. The van der Waals surface area contributed by atoms with E-state index >= 15 is 0 Å². The van der Waals surface area contributed by atoms with Gasteiger partial charge in [0, 0.05) is 6.04 Å². The first kappa shape index (κ1) is 11.5. The number of piperidine rings is 1. The van der Waals surface area contributed by atoms with Crippen molar-refractivity contribution in [2.75, 3.05) is 6.54 Å². The Morgan fingerprint density at radius 2 is 2.07 bits per heavy atom. The van der Waals surface area contributed by atoms with Crippen molar-refractivity contribution in [2.45, 2.75) is 51.3 Å². The molecule has 0 saturated carbocycles. The van der Waals surface area contributed by atoms with Crippen LogP contribution in [0.1, 0.15) is 33.1 Å². The molecule has 0 radical (unpaired) electrons. The molecule has 1 aliphatic heterocycles. The van der Waals surface area contributed by atoms with E-state index in [2.05, 4.69) is 0 Å². The second-order valence-corrected chi connectivity index (χ2v) is 4.06. The molecule has 1 aliphatic rings. The first-order valence-corrected chi connectivity index (χ1v) is 5.20. The SMILES string of the molecule is C[C@H](O)[C@H]1CCCCN1[C@@H](C)C(=O)O. The fraction of sp³-hybridized carbons (Fsp3) is 0.900. The normalized spacial score (nSPS) is 28.4. The van der Waals surface area contributed by atoms with Crippen LogP contribution >= 0.6 is 0 Å². The van der Waals surface area contributed by atoms with Crippen LogP contribution in [-0.4, -0.2) is 45.8 Å². The lowest BCUT2D eigenvalue weighted by molar-refractivity contribution is -0.145. The number of hydrogen-bond donors (Lipinski definition) is 2. The summed E-state index contributed by atoms with van der Waals surface area (Å²) in [4.78, 5) is 12.7. The first-order valence-electron chi connectivity index (χ1n) is 5.20. The summed E-state index contributed by atoms with van der Waals surface area (Å²) in [6.45, 7) is 4.20. The third-order valence-electron chi connectivity index (χ3n) is 3.00. The van der Waals surface area contributed by atoms with E-state index < -0.39 is 18.1 Å². The highest BCUT2D eigenvalue weighted by atomic mass is 16.4. The Balaban J connectivity index is 2.67. The summed E-state index contributed by atoms with van der Waals surface area (Å²) in [7, 11) is 0. The van der Waals surface area contributed by atoms with Crippen LogP contribution < -0.4 is 0 Å². The minimum absolute atomic E-state index is 0.00912. The zero-order valence-corrected chi connectivity index (χ0v) is 8.81. The molecule has 0 amide bonds. The molecule has 4 heteroatoms. The zero-order valence-electron chi connectivity index (χ0n) is 8.81. The molecule has 4 nitrogen and oxygen atoms in total. The molecule has 2 N–H and O–H groups in total. The molecule has 82 valence electrons. The lowest BCUT2D eigenvalue weighted by atomic mass is 9.96. The number of rotatable bonds is 3. The first-order chi connectivity index (χ1) is 6.54. The maximum atomic E-state index is 10.8. The average molecular weight is 201 g/mol. The molecule has 0 spiro atoms. The summed E-state index contributed by atoms with van der Waals surface area (Å²) >= 11 is 0. The number of carboxylic acids is 1. The molecule has 3 atom stereocenters. The number of nitrogens with zero attached hydrogens (tertiary/aromatic N) is 1. The van der Waals surface area contributed by atoms with Crippen molar-refractivity contribution in [3.8, 4) is 0 Å². The van der Waals surface area contributed by atoms with Crippen molar-refractivity contribution in [2.24, 2.45) is 0 Å². The number of hydrogen-bond acceptors (Lipinski definition) is 3. The number of carbonyl (C=O) groups is 1. The molecule has 1 heterocycles. The number of aliphatic hydroxyl groups excluding tert-OH is 1. The Kier molecular flexibility index (Phi) is 3.89. The maximum absolute atomic E-state index is 10.8. The van der Waals surface area contributed by atoms with E-state index in [-0.39, 0.29) is 6.04 Å². The molecule has 0 aromatic carbocycles. The van der Waals surface area contributed by atoms with E-state index in [0.29, 0.717) is 0 Å². The van der Waals surface area contributed by atoms with Crippen LogP contribution in [0.4, 0.5) is 0 Å². The van der Waals surface area contributed by atoms with Crippen molar-refractivity contribution in [1.82, 2.24) is 4.90 Å². The van der Waals surface area contributed by atoms with Gasteiger partial charge in [-0.15, -0.1) is 0 Å². The molecule has 1 fully saturated rings. The molecular weight excluding hydrogens is 182 g/mol. The van der Waals surface area contributed by atoms with E-state index in [4.69, 9.17) is 5.11 Å². The van der Waals surface area contributed by atoms with Gasteiger partial charge >= 0.3 is 5.97 Å². The monoisotopic (exact) mass is 201 g/mol. The minimum Gasteiger partial charge on any atom is -0.480 e. The maximum Gasteiger partial charge on any atom is 0.320 e. The Morgan fingerprint density at radius 3 is 2.57 bits per heavy atom. The molecule has 0 bridgehead atoms. The van der Waals surface area contributed by atoms with Crippen LogP contribution in [0.25, 0.3) is 0 Å². The van der Waals surface area contributed by atoms with E-state index in [9.17, 15) is 9.90 Å². The van der Waals surface area contributed by atoms with Crippen LogP contribution in [0.15, 0.2) is 0 Å². The largest absolute Gasteiger partial charge is 0.480 e. The smallest absolute Gasteiger partial charge is 0.320 e. The van der Waals surface area contributed by atoms with Gasteiger partial charge in [0.05, 0.1) is 6.10 Å². The van der Waals surface area contributed by atoms with Crippen LogP contribution in [0.3, 0.4) is 0 Å². The number of carboxylic acid groups (broad SMARTS) is 1. The predicted molar refractivity (Wildman–Crippen MR) is 53.1 cm³/mol. The van der Waals surface area contributed by atoms with Gasteiger partial charge in [-0.2, -0.15) is 0 Å². The van der Waals surface area contributed by atoms with Gasteiger partial charge in [-0.3, -0.25) is 9.69 Å². The molecule has 1 saturated heterocycles. The summed E-state index contributed by atoms with van der Waals surface area (Å²) in [5.41, 5.74) is 0. The van der Waals surface area contributed by atoms with E-state index in [1.165, 1.54) is 0 Å². The predicted octanol–water partition coefficient (Wildman–Crippen LogP) is 0.695. The Morgan fingerprint density at radius 1 is 1.43 bits per heavy atom. The Hall–Kier alpha value is -0.610. The fourth-order valence-corrected chi connectivity index (χ4v) is 2.12.